The first-order chi connectivity index (χ1) is 25.3. The molecule has 3 heterocycles. The molecule has 0 radical (unpaired) electrons. The first-order valence-electron chi connectivity index (χ1n) is 17.4. The Labute approximate surface area is 307 Å². The Kier molecular flexibility index (Phi) is 7.19. The molecule has 7 aromatic carbocycles. The van der Waals surface area contributed by atoms with E-state index in [0.29, 0.717) is 0 Å². The van der Waals surface area contributed by atoms with Crippen molar-refractivity contribution in [2.45, 2.75) is 30.4 Å². The normalized spacial score (nSPS) is 14.8. The third-order valence-corrected chi connectivity index (χ3v) is 13.1. The van der Waals surface area contributed by atoms with E-state index < -0.39 is 10.8 Å². The van der Waals surface area contributed by atoms with Crippen LogP contribution in [-0.4, -0.2) is 4.57 Å². The SMILES string of the molecule is c1ccc(-n2c3c(c4c2C(c2ccccc2)(c2ccccc2)c2ccccc2S4)Sc2ccccc2C3(c2ccccc2)c2ccccc2)cc1. The van der Waals surface area contributed by atoms with E-state index in [1.54, 1.807) is 0 Å². The molecule has 0 bridgehead atoms. The Bertz CT molecular complexity index is 2270. The number of nitrogens with zero attached hydrogens (tertiary/aromatic N) is 1. The fourth-order valence-electron chi connectivity index (χ4n) is 8.69. The monoisotopic (exact) mass is 687 g/mol. The minimum atomic E-state index is -0.612. The quantitative estimate of drug-likeness (QED) is 0.177. The summed E-state index contributed by atoms with van der Waals surface area (Å²) < 4.78 is 2.66. The van der Waals surface area contributed by atoms with Gasteiger partial charge in [0.25, 0.3) is 0 Å². The minimum absolute atomic E-state index is 0.612. The average Bonchev–Trinajstić information content (AvgIpc) is 3.54. The molecule has 0 unspecified atom stereocenters. The largest absolute Gasteiger partial charge is 0.312 e. The van der Waals surface area contributed by atoms with Gasteiger partial charge in [-0.15, -0.1) is 0 Å². The summed E-state index contributed by atoms with van der Waals surface area (Å²) in [6, 6.07) is 74.0. The maximum absolute atomic E-state index is 2.66. The summed E-state index contributed by atoms with van der Waals surface area (Å²) in [5, 5.41) is 0. The number of benzene rings is 7. The van der Waals surface area contributed by atoms with Crippen molar-refractivity contribution in [2.75, 3.05) is 0 Å². The highest BCUT2D eigenvalue weighted by Crippen LogP contribution is 2.65. The topological polar surface area (TPSA) is 4.93 Å². The van der Waals surface area contributed by atoms with E-state index in [9.17, 15) is 0 Å². The van der Waals surface area contributed by atoms with Crippen LogP contribution in [0, 0.1) is 0 Å². The van der Waals surface area contributed by atoms with Crippen LogP contribution < -0.4 is 0 Å². The van der Waals surface area contributed by atoms with Gasteiger partial charge in [0.15, 0.2) is 0 Å². The molecule has 8 aromatic rings. The molecule has 0 fully saturated rings. The van der Waals surface area contributed by atoms with E-state index in [0.717, 1.165) is 5.69 Å². The summed E-state index contributed by atoms with van der Waals surface area (Å²) in [6.07, 6.45) is 0. The van der Waals surface area contributed by atoms with Gasteiger partial charge in [0.2, 0.25) is 0 Å². The molecule has 242 valence electrons. The Morgan fingerprint density at radius 3 is 0.961 bits per heavy atom. The molecule has 1 aromatic heterocycles. The number of hydrogen-bond acceptors (Lipinski definition) is 2. The smallest absolute Gasteiger partial charge is 0.0880 e. The zero-order chi connectivity index (χ0) is 33.8. The summed E-state index contributed by atoms with van der Waals surface area (Å²) in [5.41, 5.74) is 10.1. The molecule has 1 nitrogen and oxygen atoms in total. The van der Waals surface area contributed by atoms with E-state index in [2.05, 4.69) is 205 Å². The van der Waals surface area contributed by atoms with Crippen LogP contribution >= 0.6 is 23.5 Å². The van der Waals surface area contributed by atoms with Crippen molar-refractivity contribution in [1.29, 1.82) is 0 Å². The molecular formula is C48H33NS2. The Balaban J connectivity index is 1.48. The first kappa shape index (κ1) is 30.4. The number of fused-ring (bicyclic) bond motifs is 5. The molecule has 0 saturated heterocycles. The van der Waals surface area contributed by atoms with Gasteiger partial charge < -0.3 is 4.57 Å². The van der Waals surface area contributed by atoms with Gasteiger partial charge in [0.1, 0.15) is 0 Å². The van der Waals surface area contributed by atoms with Crippen LogP contribution in [0.15, 0.2) is 220 Å². The highest BCUT2D eigenvalue weighted by Gasteiger charge is 2.54. The standard InChI is InChI=1S/C48H33NS2/c1-6-20-34(21-7-1)47(35-22-8-2-9-23-35)39-30-16-18-32-41(39)50-43-44-46(49(45(43)47)38-28-14-5-15-29-38)48(36-24-10-3-11-25-36,37-26-12-4-13-27-37)40-31-17-19-33-42(40)51-44/h1-33H. The van der Waals surface area contributed by atoms with Crippen molar-refractivity contribution in [3.8, 4) is 5.69 Å². The number of aromatic nitrogens is 1. The highest BCUT2D eigenvalue weighted by molar-refractivity contribution is 8.02. The zero-order valence-electron chi connectivity index (χ0n) is 27.8. The number of hydrogen-bond donors (Lipinski definition) is 0. The molecular weight excluding hydrogens is 655 g/mol. The lowest BCUT2D eigenvalue weighted by Gasteiger charge is -2.43. The maximum atomic E-state index is 2.66. The molecule has 51 heavy (non-hydrogen) atoms. The second-order valence-corrected chi connectivity index (χ2v) is 15.3. The predicted octanol–water partition coefficient (Wildman–Crippen LogP) is 12.2. The second kappa shape index (κ2) is 12.1. The predicted molar refractivity (Wildman–Crippen MR) is 211 cm³/mol. The summed E-state index contributed by atoms with van der Waals surface area (Å²) >= 11 is 3.86. The second-order valence-electron chi connectivity index (χ2n) is 13.2. The number of rotatable bonds is 5. The highest BCUT2D eigenvalue weighted by atomic mass is 32.2. The molecule has 2 aliphatic heterocycles. The van der Waals surface area contributed by atoms with Crippen LogP contribution in [-0.2, 0) is 10.8 Å². The molecule has 0 aliphatic carbocycles. The summed E-state index contributed by atoms with van der Waals surface area (Å²) in [4.78, 5) is 5.21. The van der Waals surface area contributed by atoms with Crippen LogP contribution in [0.4, 0.5) is 0 Å². The van der Waals surface area contributed by atoms with Crippen molar-refractivity contribution in [1.82, 2.24) is 4.57 Å². The molecule has 0 atom stereocenters. The van der Waals surface area contributed by atoms with Crippen LogP contribution in [0.2, 0.25) is 0 Å². The third-order valence-electron chi connectivity index (χ3n) is 10.6. The van der Waals surface area contributed by atoms with Crippen molar-refractivity contribution >= 4 is 23.5 Å². The Morgan fingerprint density at radius 2 is 0.608 bits per heavy atom. The van der Waals surface area contributed by atoms with Gasteiger partial charge in [-0.2, -0.15) is 0 Å². The molecule has 2 aliphatic rings. The Morgan fingerprint density at radius 1 is 0.314 bits per heavy atom. The van der Waals surface area contributed by atoms with Gasteiger partial charge in [-0.25, -0.2) is 0 Å². The van der Waals surface area contributed by atoms with E-state index >= 15 is 0 Å². The van der Waals surface area contributed by atoms with Crippen molar-refractivity contribution in [2.24, 2.45) is 0 Å². The van der Waals surface area contributed by atoms with Crippen molar-refractivity contribution < 1.29 is 0 Å². The van der Waals surface area contributed by atoms with Crippen molar-refractivity contribution in [3.05, 3.63) is 245 Å². The maximum Gasteiger partial charge on any atom is 0.0880 e. The van der Waals surface area contributed by atoms with Crippen LogP contribution in [0.1, 0.15) is 44.8 Å². The van der Waals surface area contributed by atoms with E-state index in [-0.39, 0.29) is 0 Å². The molecule has 3 heteroatoms. The summed E-state index contributed by atoms with van der Waals surface area (Å²) in [6.45, 7) is 0. The zero-order valence-corrected chi connectivity index (χ0v) is 29.4. The van der Waals surface area contributed by atoms with Gasteiger partial charge in [-0.05, 0) is 57.6 Å². The average molecular weight is 688 g/mol. The van der Waals surface area contributed by atoms with E-state index in [1.165, 1.54) is 64.4 Å². The molecule has 10 rings (SSSR count). The van der Waals surface area contributed by atoms with Gasteiger partial charge in [0, 0.05) is 25.3 Å². The van der Waals surface area contributed by atoms with Crippen molar-refractivity contribution in [3.63, 3.8) is 0 Å². The lowest BCUT2D eigenvalue weighted by molar-refractivity contribution is 0.617. The molecule has 0 spiro atoms. The summed E-state index contributed by atoms with van der Waals surface area (Å²) in [7, 11) is 0. The van der Waals surface area contributed by atoms with Crippen LogP contribution in [0.25, 0.3) is 5.69 Å². The van der Waals surface area contributed by atoms with E-state index in [1.807, 2.05) is 23.5 Å². The van der Waals surface area contributed by atoms with Crippen LogP contribution in [0.3, 0.4) is 0 Å². The number of para-hydroxylation sites is 1. The molecule has 0 amide bonds. The van der Waals surface area contributed by atoms with Gasteiger partial charge in [0.05, 0.1) is 22.2 Å². The molecule has 0 N–H and O–H groups in total. The van der Waals surface area contributed by atoms with Crippen LogP contribution in [0.5, 0.6) is 0 Å². The summed E-state index contributed by atoms with van der Waals surface area (Å²) in [5.74, 6) is 0. The lowest BCUT2D eigenvalue weighted by Crippen LogP contribution is -2.39. The first-order valence-corrected chi connectivity index (χ1v) is 19.1. The molecule has 0 saturated carbocycles. The van der Waals surface area contributed by atoms with Gasteiger partial charge in [-0.1, -0.05) is 199 Å². The minimum Gasteiger partial charge on any atom is -0.312 e. The fraction of sp³-hybridized carbons (Fsp3) is 0.0417. The lowest BCUT2D eigenvalue weighted by atomic mass is 9.66. The Hall–Kier alpha value is -5.48. The van der Waals surface area contributed by atoms with Gasteiger partial charge >= 0.3 is 0 Å². The van der Waals surface area contributed by atoms with Gasteiger partial charge in [-0.3, -0.25) is 0 Å². The third kappa shape index (κ3) is 4.32. The fourth-order valence-corrected chi connectivity index (χ4v) is 11.4. The van der Waals surface area contributed by atoms with E-state index in [4.69, 9.17) is 0 Å².